The van der Waals surface area contributed by atoms with Crippen molar-refractivity contribution in [1.82, 2.24) is 20.5 Å². The molecule has 3 aromatic rings. The molecule has 1 atom stereocenters. The highest BCUT2D eigenvalue weighted by Gasteiger charge is 2.26. The topological polar surface area (TPSA) is 71.0 Å². The molecule has 0 spiro atoms. The highest BCUT2D eigenvalue weighted by molar-refractivity contribution is 7.09. The molecule has 1 N–H and O–H groups in total. The number of carbonyl (C=O) groups excluding carboxylic acids is 1. The number of rotatable bonds is 6. The van der Waals surface area contributed by atoms with Crippen LogP contribution >= 0.6 is 22.9 Å². The van der Waals surface area contributed by atoms with Crippen molar-refractivity contribution in [3.05, 3.63) is 58.0 Å². The zero-order valence-corrected chi connectivity index (χ0v) is 17.5. The predicted octanol–water partition coefficient (Wildman–Crippen LogP) is 3.83. The zero-order valence-electron chi connectivity index (χ0n) is 15.9. The molecule has 6 nitrogen and oxygen atoms in total. The number of anilines is 1. The number of thiazole rings is 1. The Morgan fingerprint density at radius 2 is 2.07 bits per heavy atom. The summed E-state index contributed by atoms with van der Waals surface area (Å²) in [6.45, 7) is 2.12. The molecular formula is C21H22ClN5OS. The molecule has 0 radical (unpaired) electrons. The van der Waals surface area contributed by atoms with E-state index >= 15 is 0 Å². The fourth-order valence-corrected chi connectivity index (χ4v) is 4.39. The van der Waals surface area contributed by atoms with Gasteiger partial charge in [-0.2, -0.15) is 0 Å². The summed E-state index contributed by atoms with van der Waals surface area (Å²) in [4.78, 5) is 19.4. The van der Waals surface area contributed by atoms with Crippen molar-refractivity contribution in [2.24, 2.45) is 5.92 Å². The number of hydrogen-bond acceptors (Lipinski definition) is 6. The van der Waals surface area contributed by atoms with Gasteiger partial charge in [-0.1, -0.05) is 41.9 Å². The van der Waals surface area contributed by atoms with Gasteiger partial charge in [-0.15, -0.1) is 21.5 Å². The number of hydrogen-bond donors (Lipinski definition) is 1. The lowest BCUT2D eigenvalue weighted by Crippen LogP contribution is -2.43. The molecule has 1 aliphatic rings. The predicted molar refractivity (Wildman–Crippen MR) is 116 cm³/mol. The van der Waals surface area contributed by atoms with Gasteiger partial charge < -0.3 is 10.2 Å². The minimum absolute atomic E-state index is 0.0441. The summed E-state index contributed by atoms with van der Waals surface area (Å²) < 4.78 is 0. The van der Waals surface area contributed by atoms with Crippen LogP contribution in [0.15, 0.2) is 47.8 Å². The highest BCUT2D eigenvalue weighted by Crippen LogP contribution is 2.23. The molecule has 1 aliphatic heterocycles. The van der Waals surface area contributed by atoms with Crippen LogP contribution in [-0.4, -0.2) is 40.7 Å². The largest absolute Gasteiger partial charge is 0.355 e. The Bertz CT molecular complexity index is 947. The number of nitrogens with zero attached hydrogens (tertiary/aromatic N) is 4. The molecule has 150 valence electrons. The van der Waals surface area contributed by atoms with Gasteiger partial charge in [-0.05, 0) is 25.0 Å². The van der Waals surface area contributed by atoms with Gasteiger partial charge >= 0.3 is 0 Å². The van der Waals surface area contributed by atoms with Crippen LogP contribution in [0, 0.1) is 5.92 Å². The van der Waals surface area contributed by atoms with Crippen LogP contribution < -0.4 is 10.2 Å². The van der Waals surface area contributed by atoms with E-state index < -0.39 is 0 Å². The standard InChI is InChI=1S/C21H22ClN5OS/c22-18-8-9-19(26-25-18)27-12-4-7-16(13-27)21(28)23-11-10-20-24-17(14-29-20)15-5-2-1-3-6-15/h1-3,5-6,8-9,14,16H,4,7,10-13H2,(H,23,28). The number of aromatic nitrogens is 3. The number of halogens is 1. The minimum atomic E-state index is -0.0441. The number of carbonyl (C=O) groups is 1. The van der Waals surface area contributed by atoms with Crippen LogP contribution in [-0.2, 0) is 11.2 Å². The number of nitrogens with one attached hydrogen (secondary N) is 1. The molecule has 1 saturated heterocycles. The molecule has 1 amide bonds. The van der Waals surface area contributed by atoms with Gasteiger partial charge in [0.1, 0.15) is 0 Å². The summed E-state index contributed by atoms with van der Waals surface area (Å²) in [7, 11) is 0. The van der Waals surface area contributed by atoms with E-state index in [1.54, 1.807) is 17.4 Å². The van der Waals surface area contributed by atoms with E-state index in [0.717, 1.165) is 47.9 Å². The van der Waals surface area contributed by atoms with E-state index in [0.29, 0.717) is 18.2 Å². The van der Waals surface area contributed by atoms with E-state index in [4.69, 9.17) is 11.6 Å². The lowest BCUT2D eigenvalue weighted by molar-refractivity contribution is -0.125. The SMILES string of the molecule is O=C(NCCc1nc(-c2ccccc2)cs1)C1CCCN(c2ccc(Cl)nn2)C1. The van der Waals surface area contributed by atoms with E-state index in [9.17, 15) is 4.79 Å². The minimum Gasteiger partial charge on any atom is -0.355 e. The first-order valence-corrected chi connectivity index (χ1v) is 11.0. The highest BCUT2D eigenvalue weighted by atomic mass is 35.5. The molecule has 0 bridgehead atoms. The third-order valence-electron chi connectivity index (χ3n) is 4.99. The first-order valence-electron chi connectivity index (χ1n) is 9.71. The third kappa shape index (κ3) is 5.10. The lowest BCUT2D eigenvalue weighted by atomic mass is 9.97. The molecule has 0 aliphatic carbocycles. The molecule has 1 aromatic carbocycles. The van der Waals surface area contributed by atoms with Crippen molar-refractivity contribution in [3.63, 3.8) is 0 Å². The fraction of sp³-hybridized carbons (Fsp3) is 0.333. The van der Waals surface area contributed by atoms with Gasteiger partial charge in [0.25, 0.3) is 0 Å². The van der Waals surface area contributed by atoms with Crippen molar-refractivity contribution < 1.29 is 4.79 Å². The molecule has 29 heavy (non-hydrogen) atoms. The van der Waals surface area contributed by atoms with Gasteiger partial charge in [0, 0.05) is 37.0 Å². The summed E-state index contributed by atoms with van der Waals surface area (Å²) >= 11 is 7.45. The Morgan fingerprint density at radius 1 is 1.21 bits per heavy atom. The maximum absolute atomic E-state index is 12.6. The van der Waals surface area contributed by atoms with Crippen molar-refractivity contribution in [3.8, 4) is 11.3 Å². The molecular weight excluding hydrogens is 406 g/mol. The van der Waals surface area contributed by atoms with Crippen molar-refractivity contribution in [1.29, 1.82) is 0 Å². The average molecular weight is 428 g/mol. The molecule has 4 rings (SSSR count). The van der Waals surface area contributed by atoms with Crippen LogP contribution in [0.4, 0.5) is 5.82 Å². The monoisotopic (exact) mass is 427 g/mol. The van der Waals surface area contributed by atoms with Crippen molar-refractivity contribution in [2.75, 3.05) is 24.5 Å². The van der Waals surface area contributed by atoms with Gasteiger partial charge in [0.15, 0.2) is 11.0 Å². The number of piperidine rings is 1. The Balaban J connectivity index is 1.27. The Morgan fingerprint density at radius 3 is 2.86 bits per heavy atom. The van der Waals surface area contributed by atoms with Gasteiger partial charge in [-0.25, -0.2) is 4.98 Å². The first kappa shape index (κ1) is 19.8. The fourth-order valence-electron chi connectivity index (χ4n) is 3.48. The van der Waals surface area contributed by atoms with Gasteiger partial charge in [-0.3, -0.25) is 4.79 Å². The zero-order chi connectivity index (χ0) is 20.1. The lowest BCUT2D eigenvalue weighted by Gasteiger charge is -2.32. The summed E-state index contributed by atoms with van der Waals surface area (Å²) in [6.07, 6.45) is 2.58. The van der Waals surface area contributed by atoms with Crippen molar-refractivity contribution >= 4 is 34.7 Å². The number of benzene rings is 1. The molecule has 3 heterocycles. The Kier molecular flexibility index (Phi) is 6.36. The molecule has 2 aromatic heterocycles. The maximum atomic E-state index is 12.6. The summed E-state index contributed by atoms with van der Waals surface area (Å²) in [5, 5.41) is 14.6. The quantitative estimate of drug-likeness (QED) is 0.647. The van der Waals surface area contributed by atoms with Crippen LogP contribution in [0.2, 0.25) is 5.15 Å². The molecule has 1 fully saturated rings. The van der Waals surface area contributed by atoms with E-state index in [1.807, 2.05) is 24.3 Å². The molecule has 0 saturated carbocycles. The number of amides is 1. The van der Waals surface area contributed by atoms with Crippen molar-refractivity contribution in [2.45, 2.75) is 19.3 Å². The van der Waals surface area contributed by atoms with E-state index in [1.165, 1.54) is 0 Å². The average Bonchev–Trinajstić information content (AvgIpc) is 3.24. The van der Waals surface area contributed by atoms with E-state index in [-0.39, 0.29) is 11.8 Å². The second-order valence-corrected chi connectivity index (χ2v) is 8.36. The van der Waals surface area contributed by atoms with E-state index in [2.05, 4.69) is 42.9 Å². The summed E-state index contributed by atoms with van der Waals surface area (Å²) in [6, 6.07) is 13.7. The normalized spacial score (nSPS) is 16.6. The maximum Gasteiger partial charge on any atom is 0.224 e. The smallest absolute Gasteiger partial charge is 0.224 e. The van der Waals surface area contributed by atoms with Crippen LogP contribution in [0.1, 0.15) is 17.8 Å². The van der Waals surface area contributed by atoms with Crippen LogP contribution in [0.25, 0.3) is 11.3 Å². The van der Waals surface area contributed by atoms with Crippen LogP contribution in [0.3, 0.4) is 0 Å². The second kappa shape index (κ2) is 9.33. The Labute approximate surface area is 179 Å². The summed E-state index contributed by atoms with van der Waals surface area (Å²) in [5.41, 5.74) is 2.11. The molecule has 1 unspecified atom stereocenters. The van der Waals surface area contributed by atoms with Gasteiger partial charge in [0.05, 0.1) is 16.6 Å². The first-order chi connectivity index (χ1) is 14.2. The Hall–Kier alpha value is -2.51. The van der Waals surface area contributed by atoms with Crippen LogP contribution in [0.5, 0.6) is 0 Å². The summed E-state index contributed by atoms with van der Waals surface area (Å²) in [5.74, 6) is 0.817. The van der Waals surface area contributed by atoms with Gasteiger partial charge in [0.2, 0.25) is 5.91 Å². The second-order valence-electron chi connectivity index (χ2n) is 7.03. The molecule has 8 heteroatoms. The third-order valence-corrected chi connectivity index (χ3v) is 6.10.